The fourth-order valence-electron chi connectivity index (χ4n) is 5.22. The van der Waals surface area contributed by atoms with Gasteiger partial charge in [0.15, 0.2) is 0 Å². The van der Waals surface area contributed by atoms with Gasteiger partial charge in [0, 0.05) is 29.4 Å². The molecule has 1 fully saturated rings. The van der Waals surface area contributed by atoms with Crippen LogP contribution in [0.5, 0.6) is 23.0 Å². The summed E-state index contributed by atoms with van der Waals surface area (Å²) in [4.78, 5) is 38.7. The Morgan fingerprint density at radius 3 is 2.26 bits per heavy atom. The summed E-state index contributed by atoms with van der Waals surface area (Å²) >= 11 is 0. The van der Waals surface area contributed by atoms with E-state index in [0.717, 1.165) is 10.6 Å². The van der Waals surface area contributed by atoms with Gasteiger partial charge in [-0.1, -0.05) is 54.6 Å². The van der Waals surface area contributed by atoms with Gasteiger partial charge in [0.05, 0.1) is 18.4 Å². The van der Waals surface area contributed by atoms with Crippen molar-refractivity contribution >= 4 is 40.1 Å². The molecule has 46 heavy (non-hydrogen) atoms. The number of nitrogens with zero attached hydrogens (tertiary/aromatic N) is 2. The average Bonchev–Trinajstić information content (AvgIpc) is 3.47. The molecule has 0 spiro atoms. The first-order valence-corrected chi connectivity index (χ1v) is 14.6. The molecule has 6 rings (SSSR count). The number of aryl methyl sites for hydroxylation is 1. The number of hydrogen-bond donors (Lipinski definition) is 2. The molecule has 10 nitrogen and oxygen atoms in total. The molecule has 232 valence electrons. The minimum atomic E-state index is -0.772. The standard InChI is InChI=1S/C36H31N3O7/c1-23-7-3-6-10-31(23)37-35(42)30-21-32(28-8-4-5-9-29(28)34(30)41)46-27-15-11-24(12-16-27)22-45-36(43)39-33(40)19-20-38(39)25-13-17-26(44-2)18-14-25/h3-18,21,41H,19-20,22H2,1-2H3,(H,37,42). The number of methoxy groups -OCH3 is 1. The number of fused-ring (bicyclic) bond motifs is 1. The number of anilines is 2. The van der Waals surface area contributed by atoms with Crippen LogP contribution >= 0.6 is 0 Å². The number of benzene rings is 5. The van der Waals surface area contributed by atoms with Gasteiger partial charge < -0.3 is 24.6 Å². The lowest BCUT2D eigenvalue weighted by Crippen LogP contribution is -2.44. The first kappa shape index (κ1) is 30.0. The number of hydrogen-bond acceptors (Lipinski definition) is 8. The van der Waals surface area contributed by atoms with Gasteiger partial charge in [0.1, 0.15) is 29.6 Å². The predicted octanol–water partition coefficient (Wildman–Crippen LogP) is 7.20. The number of carbonyl (C=O) groups is 3. The molecule has 0 unspecified atom stereocenters. The Balaban J connectivity index is 1.16. The van der Waals surface area contributed by atoms with Gasteiger partial charge in [-0.2, -0.15) is 5.01 Å². The van der Waals surface area contributed by atoms with Crippen LogP contribution in [0.1, 0.15) is 27.9 Å². The highest BCUT2D eigenvalue weighted by Gasteiger charge is 2.36. The summed E-state index contributed by atoms with van der Waals surface area (Å²) in [5.74, 6) is 0.552. The van der Waals surface area contributed by atoms with Crippen molar-refractivity contribution in [2.45, 2.75) is 20.0 Å². The Morgan fingerprint density at radius 1 is 0.870 bits per heavy atom. The van der Waals surface area contributed by atoms with Crippen LogP contribution in [0.25, 0.3) is 10.8 Å². The fraction of sp³-hybridized carbons (Fsp3) is 0.139. The predicted molar refractivity (Wildman–Crippen MR) is 173 cm³/mol. The molecular weight excluding hydrogens is 586 g/mol. The molecule has 5 aromatic rings. The zero-order valence-corrected chi connectivity index (χ0v) is 25.2. The maximum absolute atomic E-state index is 13.2. The summed E-state index contributed by atoms with van der Waals surface area (Å²) in [7, 11) is 1.57. The van der Waals surface area contributed by atoms with Crippen molar-refractivity contribution < 1.29 is 33.7 Å². The van der Waals surface area contributed by atoms with Crippen LogP contribution in [0.2, 0.25) is 0 Å². The number of phenols is 1. The third-order valence-electron chi connectivity index (χ3n) is 7.69. The molecule has 2 N–H and O–H groups in total. The summed E-state index contributed by atoms with van der Waals surface area (Å²) in [6.07, 6.45) is -0.584. The van der Waals surface area contributed by atoms with Gasteiger partial charge in [0.2, 0.25) is 0 Å². The minimum Gasteiger partial charge on any atom is -0.506 e. The third kappa shape index (κ3) is 6.14. The van der Waals surface area contributed by atoms with E-state index in [1.807, 2.05) is 31.2 Å². The summed E-state index contributed by atoms with van der Waals surface area (Å²) in [5, 5.41) is 17.6. The summed E-state index contributed by atoms with van der Waals surface area (Å²) in [5.41, 5.74) is 2.95. The molecule has 0 radical (unpaired) electrons. The van der Waals surface area contributed by atoms with Gasteiger partial charge in [-0.05, 0) is 66.6 Å². The first-order valence-electron chi connectivity index (χ1n) is 14.6. The van der Waals surface area contributed by atoms with Crippen LogP contribution in [0, 0.1) is 6.92 Å². The smallest absolute Gasteiger partial charge is 0.436 e. The highest BCUT2D eigenvalue weighted by Crippen LogP contribution is 2.38. The Bertz CT molecular complexity index is 1920. The Hall–Kier alpha value is -6.03. The lowest BCUT2D eigenvalue weighted by molar-refractivity contribution is -0.126. The van der Waals surface area contributed by atoms with Crippen LogP contribution in [0.4, 0.5) is 16.2 Å². The van der Waals surface area contributed by atoms with Crippen molar-refractivity contribution in [3.63, 3.8) is 0 Å². The molecular formula is C36H31N3O7. The van der Waals surface area contributed by atoms with E-state index in [1.165, 1.54) is 6.07 Å². The second-order valence-electron chi connectivity index (χ2n) is 10.7. The normalized spacial score (nSPS) is 12.7. The summed E-state index contributed by atoms with van der Waals surface area (Å²) in [6, 6.07) is 30.0. The molecule has 3 amide bonds. The molecule has 5 aromatic carbocycles. The monoisotopic (exact) mass is 617 g/mol. The molecule has 0 atom stereocenters. The highest BCUT2D eigenvalue weighted by molar-refractivity contribution is 6.11. The number of rotatable bonds is 8. The van der Waals surface area contributed by atoms with Gasteiger partial charge in [-0.15, -0.1) is 0 Å². The average molecular weight is 618 g/mol. The SMILES string of the molecule is COc1ccc(N2CCC(=O)N2C(=O)OCc2ccc(Oc3cc(C(=O)Nc4ccccc4C)c(O)c4ccccc34)cc2)cc1. The van der Waals surface area contributed by atoms with Crippen molar-refractivity contribution in [2.24, 2.45) is 0 Å². The van der Waals surface area contributed by atoms with E-state index in [0.29, 0.717) is 51.5 Å². The Labute approximate surface area is 265 Å². The van der Waals surface area contributed by atoms with E-state index in [9.17, 15) is 19.5 Å². The number of amides is 3. The number of carbonyl (C=O) groups excluding carboxylic acids is 3. The molecule has 0 aromatic heterocycles. The van der Waals surface area contributed by atoms with Crippen LogP contribution in [-0.2, 0) is 16.1 Å². The number of nitrogens with one attached hydrogen (secondary N) is 1. The second-order valence-corrected chi connectivity index (χ2v) is 10.7. The van der Waals surface area contributed by atoms with Gasteiger partial charge in [-0.3, -0.25) is 14.6 Å². The van der Waals surface area contributed by atoms with Gasteiger partial charge in [-0.25, -0.2) is 4.79 Å². The Kier molecular flexibility index (Phi) is 8.42. The van der Waals surface area contributed by atoms with E-state index in [4.69, 9.17) is 14.2 Å². The number of para-hydroxylation sites is 1. The molecule has 0 saturated carbocycles. The molecule has 1 aliphatic heterocycles. The molecule has 0 aliphatic carbocycles. The Morgan fingerprint density at radius 2 is 1.54 bits per heavy atom. The summed E-state index contributed by atoms with van der Waals surface area (Å²) in [6.45, 7) is 2.18. The molecule has 10 heteroatoms. The van der Waals surface area contributed by atoms with Gasteiger partial charge >= 0.3 is 6.09 Å². The van der Waals surface area contributed by atoms with E-state index in [1.54, 1.807) is 84.9 Å². The molecule has 1 heterocycles. The fourth-order valence-corrected chi connectivity index (χ4v) is 5.22. The quantitative estimate of drug-likeness (QED) is 0.188. The first-order chi connectivity index (χ1) is 22.3. The minimum absolute atomic E-state index is 0.0648. The van der Waals surface area contributed by atoms with E-state index < -0.39 is 12.0 Å². The zero-order valence-electron chi connectivity index (χ0n) is 25.2. The van der Waals surface area contributed by atoms with Crippen molar-refractivity contribution in [1.29, 1.82) is 0 Å². The maximum atomic E-state index is 13.2. The van der Waals surface area contributed by atoms with E-state index in [2.05, 4.69) is 5.32 Å². The van der Waals surface area contributed by atoms with Crippen molar-refractivity contribution in [3.05, 3.63) is 120 Å². The summed E-state index contributed by atoms with van der Waals surface area (Å²) < 4.78 is 16.9. The molecule has 1 aliphatic rings. The number of phenolic OH excluding ortho intramolecular Hbond substituents is 1. The zero-order chi connectivity index (χ0) is 32.2. The number of hydrazine groups is 1. The maximum Gasteiger partial charge on any atom is 0.436 e. The highest BCUT2D eigenvalue weighted by atomic mass is 16.6. The van der Waals surface area contributed by atoms with Crippen molar-refractivity contribution in [1.82, 2.24) is 5.01 Å². The van der Waals surface area contributed by atoms with Crippen LogP contribution < -0.4 is 19.8 Å². The lowest BCUT2D eigenvalue weighted by atomic mass is 10.0. The number of aromatic hydroxyl groups is 1. The van der Waals surface area contributed by atoms with Gasteiger partial charge in [0.25, 0.3) is 11.8 Å². The largest absolute Gasteiger partial charge is 0.506 e. The lowest BCUT2D eigenvalue weighted by Gasteiger charge is -2.27. The van der Waals surface area contributed by atoms with Crippen LogP contribution in [0.15, 0.2) is 103 Å². The van der Waals surface area contributed by atoms with Crippen LogP contribution in [0.3, 0.4) is 0 Å². The number of imide groups is 1. The molecule has 1 saturated heterocycles. The topological polar surface area (TPSA) is 118 Å². The van der Waals surface area contributed by atoms with E-state index in [-0.39, 0.29) is 30.2 Å². The van der Waals surface area contributed by atoms with Crippen molar-refractivity contribution in [3.8, 4) is 23.0 Å². The van der Waals surface area contributed by atoms with Crippen molar-refractivity contribution in [2.75, 3.05) is 24.0 Å². The van der Waals surface area contributed by atoms with E-state index >= 15 is 0 Å². The third-order valence-corrected chi connectivity index (χ3v) is 7.69. The van der Waals surface area contributed by atoms with Crippen LogP contribution in [-0.4, -0.2) is 41.7 Å². The molecule has 0 bridgehead atoms. The second kappa shape index (κ2) is 12.9. The number of ether oxygens (including phenoxy) is 3.